The molecule has 0 radical (unpaired) electrons. The Morgan fingerprint density at radius 2 is 2.00 bits per heavy atom. The van der Waals surface area contributed by atoms with Crippen molar-refractivity contribution in [2.24, 2.45) is 0 Å². The van der Waals surface area contributed by atoms with Gasteiger partial charge in [-0.25, -0.2) is 0 Å². The van der Waals surface area contributed by atoms with Gasteiger partial charge in [-0.05, 0) is 36.4 Å². The fraction of sp³-hybridized carbons (Fsp3) is 0.133. The van der Waals surface area contributed by atoms with Crippen LogP contribution < -0.4 is 15.8 Å². The predicted molar refractivity (Wildman–Crippen MR) is 88.2 cm³/mol. The van der Waals surface area contributed by atoms with Crippen molar-refractivity contribution < 1.29 is 9.53 Å². The van der Waals surface area contributed by atoms with E-state index in [9.17, 15) is 4.79 Å². The third-order valence-corrected chi connectivity index (χ3v) is 3.98. The van der Waals surface area contributed by atoms with Gasteiger partial charge in [-0.1, -0.05) is 11.6 Å². The Balaban J connectivity index is 1.93. The highest BCUT2D eigenvalue weighted by atomic mass is 35.5. The molecule has 3 N–H and O–H groups in total. The van der Waals surface area contributed by atoms with Crippen molar-refractivity contribution in [3.63, 3.8) is 0 Å². The number of nitrogens with two attached hydrogens (primary N) is 1. The number of ether oxygens (including phenoxy) is 1. The SMILES string of the molecule is COc1cc(N)ccc1SCC(=O)Nc1ccc(Cl)cc1. The minimum absolute atomic E-state index is 0.0961. The minimum atomic E-state index is -0.0961. The number of thioether (sulfide) groups is 1. The number of hydrogen-bond acceptors (Lipinski definition) is 4. The number of anilines is 2. The summed E-state index contributed by atoms with van der Waals surface area (Å²) in [6.07, 6.45) is 0. The molecule has 0 spiro atoms. The summed E-state index contributed by atoms with van der Waals surface area (Å²) in [6, 6.07) is 12.3. The van der Waals surface area contributed by atoms with Crippen LogP contribution in [-0.2, 0) is 4.79 Å². The maximum atomic E-state index is 11.9. The van der Waals surface area contributed by atoms with Gasteiger partial charge in [0.05, 0.1) is 12.9 Å². The molecule has 2 aromatic carbocycles. The van der Waals surface area contributed by atoms with Gasteiger partial charge in [0.1, 0.15) is 5.75 Å². The molecule has 0 heterocycles. The zero-order valence-electron chi connectivity index (χ0n) is 11.4. The van der Waals surface area contributed by atoms with E-state index < -0.39 is 0 Å². The minimum Gasteiger partial charge on any atom is -0.496 e. The van der Waals surface area contributed by atoms with Crippen LogP contribution in [0, 0.1) is 0 Å². The molecule has 2 aromatic rings. The van der Waals surface area contributed by atoms with Gasteiger partial charge in [-0.3, -0.25) is 4.79 Å². The van der Waals surface area contributed by atoms with E-state index in [0.29, 0.717) is 22.1 Å². The fourth-order valence-corrected chi connectivity index (χ4v) is 2.61. The van der Waals surface area contributed by atoms with Gasteiger partial charge in [-0.15, -0.1) is 11.8 Å². The summed E-state index contributed by atoms with van der Waals surface area (Å²) in [6.45, 7) is 0. The third-order valence-electron chi connectivity index (χ3n) is 2.67. The number of amides is 1. The Morgan fingerprint density at radius 3 is 2.67 bits per heavy atom. The topological polar surface area (TPSA) is 64.3 Å². The lowest BCUT2D eigenvalue weighted by Gasteiger charge is -2.09. The first-order valence-corrected chi connectivity index (χ1v) is 7.56. The maximum absolute atomic E-state index is 11.9. The number of hydrogen-bond donors (Lipinski definition) is 2. The van der Waals surface area contributed by atoms with Crippen molar-refractivity contribution in [1.82, 2.24) is 0 Å². The summed E-state index contributed by atoms with van der Waals surface area (Å²) in [4.78, 5) is 12.8. The second kappa shape index (κ2) is 7.24. The first kappa shape index (κ1) is 15.5. The van der Waals surface area contributed by atoms with Crippen LogP contribution in [0.2, 0.25) is 5.02 Å². The number of rotatable bonds is 5. The average Bonchev–Trinajstić information content (AvgIpc) is 2.48. The van der Waals surface area contributed by atoms with Gasteiger partial charge in [0.2, 0.25) is 5.91 Å². The number of carbonyl (C=O) groups is 1. The number of nitrogens with one attached hydrogen (secondary N) is 1. The Morgan fingerprint density at radius 1 is 1.29 bits per heavy atom. The van der Waals surface area contributed by atoms with E-state index in [1.807, 2.05) is 6.07 Å². The van der Waals surface area contributed by atoms with Crippen molar-refractivity contribution in [2.45, 2.75) is 4.90 Å². The largest absolute Gasteiger partial charge is 0.496 e. The molecule has 0 atom stereocenters. The van der Waals surface area contributed by atoms with Crippen LogP contribution in [0.4, 0.5) is 11.4 Å². The van der Waals surface area contributed by atoms with Crippen LogP contribution in [0.15, 0.2) is 47.4 Å². The Labute approximate surface area is 132 Å². The molecule has 1 amide bonds. The van der Waals surface area contributed by atoms with Gasteiger partial charge >= 0.3 is 0 Å². The molecule has 0 aliphatic heterocycles. The molecular formula is C15H15ClN2O2S. The quantitative estimate of drug-likeness (QED) is 0.651. The van der Waals surface area contributed by atoms with E-state index >= 15 is 0 Å². The summed E-state index contributed by atoms with van der Waals surface area (Å²) in [5.74, 6) is 0.851. The summed E-state index contributed by atoms with van der Waals surface area (Å²) in [7, 11) is 1.58. The smallest absolute Gasteiger partial charge is 0.234 e. The Hall–Kier alpha value is -1.85. The van der Waals surface area contributed by atoms with E-state index in [1.165, 1.54) is 11.8 Å². The van der Waals surface area contributed by atoms with Crippen LogP contribution in [0.5, 0.6) is 5.75 Å². The van der Waals surface area contributed by atoms with Gasteiger partial charge in [-0.2, -0.15) is 0 Å². The van der Waals surface area contributed by atoms with E-state index in [-0.39, 0.29) is 11.7 Å². The van der Waals surface area contributed by atoms with Crippen molar-refractivity contribution in [3.8, 4) is 5.75 Å². The standard InChI is InChI=1S/C15H15ClN2O2S/c1-20-13-8-11(17)4-7-14(13)21-9-15(19)18-12-5-2-10(16)3-6-12/h2-8H,9,17H2,1H3,(H,18,19). The van der Waals surface area contributed by atoms with Crippen LogP contribution in [0.25, 0.3) is 0 Å². The monoisotopic (exact) mass is 322 g/mol. The lowest BCUT2D eigenvalue weighted by molar-refractivity contribution is -0.113. The molecule has 0 unspecified atom stereocenters. The maximum Gasteiger partial charge on any atom is 0.234 e. The van der Waals surface area contributed by atoms with Crippen molar-refractivity contribution >= 4 is 40.6 Å². The summed E-state index contributed by atoms with van der Waals surface area (Å²) >= 11 is 7.19. The number of nitrogen functional groups attached to an aromatic ring is 1. The second-order valence-corrected chi connectivity index (χ2v) is 5.71. The van der Waals surface area contributed by atoms with Crippen molar-refractivity contribution in [2.75, 3.05) is 23.9 Å². The lowest BCUT2D eigenvalue weighted by atomic mass is 10.3. The van der Waals surface area contributed by atoms with Crippen LogP contribution >= 0.6 is 23.4 Å². The van der Waals surface area contributed by atoms with E-state index in [4.69, 9.17) is 22.1 Å². The second-order valence-electron chi connectivity index (χ2n) is 4.25. The summed E-state index contributed by atoms with van der Waals surface area (Å²) in [5, 5.41) is 3.44. The number of carbonyl (C=O) groups excluding carboxylic acids is 1. The van der Waals surface area contributed by atoms with Gasteiger partial charge in [0.25, 0.3) is 0 Å². The molecule has 21 heavy (non-hydrogen) atoms. The number of methoxy groups -OCH3 is 1. The first-order chi connectivity index (χ1) is 10.1. The highest BCUT2D eigenvalue weighted by molar-refractivity contribution is 8.00. The molecule has 4 nitrogen and oxygen atoms in total. The molecular weight excluding hydrogens is 308 g/mol. The zero-order chi connectivity index (χ0) is 15.2. The van der Waals surface area contributed by atoms with E-state index in [1.54, 1.807) is 43.5 Å². The fourth-order valence-electron chi connectivity index (χ4n) is 1.68. The molecule has 0 aliphatic rings. The van der Waals surface area contributed by atoms with E-state index in [2.05, 4.69) is 5.32 Å². The average molecular weight is 323 g/mol. The van der Waals surface area contributed by atoms with Gasteiger partial charge in [0.15, 0.2) is 0 Å². The number of halogens is 1. The van der Waals surface area contributed by atoms with Crippen LogP contribution in [0.3, 0.4) is 0 Å². The highest BCUT2D eigenvalue weighted by Crippen LogP contribution is 2.31. The third kappa shape index (κ3) is 4.58. The molecule has 110 valence electrons. The molecule has 2 rings (SSSR count). The Bertz CT molecular complexity index is 632. The molecule has 0 saturated heterocycles. The summed E-state index contributed by atoms with van der Waals surface area (Å²) in [5.41, 5.74) is 7.04. The van der Waals surface area contributed by atoms with Crippen molar-refractivity contribution in [3.05, 3.63) is 47.5 Å². The Kier molecular flexibility index (Phi) is 5.36. The lowest BCUT2D eigenvalue weighted by Crippen LogP contribution is -2.13. The van der Waals surface area contributed by atoms with Crippen molar-refractivity contribution in [1.29, 1.82) is 0 Å². The normalized spacial score (nSPS) is 10.2. The first-order valence-electron chi connectivity index (χ1n) is 6.20. The number of benzene rings is 2. The van der Waals surface area contributed by atoms with Crippen LogP contribution in [-0.4, -0.2) is 18.8 Å². The molecule has 0 aromatic heterocycles. The molecule has 0 bridgehead atoms. The van der Waals surface area contributed by atoms with E-state index in [0.717, 1.165) is 4.90 Å². The van der Waals surface area contributed by atoms with Gasteiger partial charge < -0.3 is 15.8 Å². The predicted octanol–water partition coefficient (Wildman–Crippen LogP) is 3.66. The highest BCUT2D eigenvalue weighted by Gasteiger charge is 2.08. The summed E-state index contributed by atoms with van der Waals surface area (Å²) < 4.78 is 5.24. The zero-order valence-corrected chi connectivity index (χ0v) is 13.0. The molecule has 0 fully saturated rings. The molecule has 6 heteroatoms. The molecule has 0 aliphatic carbocycles. The van der Waals surface area contributed by atoms with Gasteiger partial charge in [0, 0.05) is 27.4 Å². The molecule has 0 saturated carbocycles. The van der Waals surface area contributed by atoms with Crippen LogP contribution in [0.1, 0.15) is 0 Å².